The second-order valence-electron chi connectivity index (χ2n) is 4.42. The van der Waals surface area contributed by atoms with E-state index in [4.69, 9.17) is 16.3 Å². The predicted molar refractivity (Wildman–Crippen MR) is 72.5 cm³/mol. The number of carboxylic acid groups (broad SMARTS) is 1. The van der Waals surface area contributed by atoms with Crippen LogP contribution >= 0.6 is 11.6 Å². The SMILES string of the molecule is COCC(Nc1cccc(Cl)c1C(=O)O)C(C)C. The Hall–Kier alpha value is -1.26. The summed E-state index contributed by atoms with van der Waals surface area (Å²) in [6.07, 6.45) is 0. The Labute approximate surface area is 112 Å². The summed E-state index contributed by atoms with van der Waals surface area (Å²) in [5.74, 6) is -0.728. The van der Waals surface area contributed by atoms with Crippen molar-refractivity contribution >= 4 is 23.3 Å². The first-order valence-electron chi connectivity index (χ1n) is 5.74. The van der Waals surface area contributed by atoms with Gasteiger partial charge in [-0.05, 0) is 18.1 Å². The molecule has 0 aliphatic rings. The van der Waals surface area contributed by atoms with Crippen molar-refractivity contribution in [1.82, 2.24) is 0 Å². The van der Waals surface area contributed by atoms with E-state index in [0.29, 0.717) is 18.2 Å². The molecule has 0 aliphatic carbocycles. The third kappa shape index (κ3) is 3.62. The molecule has 0 radical (unpaired) electrons. The number of ether oxygens (including phenoxy) is 1. The Kier molecular flexibility index (Phi) is 5.44. The molecule has 0 heterocycles. The number of nitrogens with one attached hydrogen (secondary N) is 1. The zero-order valence-electron chi connectivity index (χ0n) is 10.7. The van der Waals surface area contributed by atoms with Crippen LogP contribution in [0, 0.1) is 5.92 Å². The number of hydrogen-bond donors (Lipinski definition) is 2. The number of rotatable bonds is 6. The number of carboxylic acids is 1. The third-order valence-corrected chi connectivity index (χ3v) is 3.03. The van der Waals surface area contributed by atoms with Crippen LogP contribution in [-0.4, -0.2) is 30.8 Å². The molecular formula is C13H18ClNO3. The highest BCUT2D eigenvalue weighted by atomic mass is 35.5. The first-order chi connectivity index (χ1) is 8.47. The molecule has 1 aromatic carbocycles. The van der Waals surface area contributed by atoms with Crippen molar-refractivity contribution < 1.29 is 14.6 Å². The van der Waals surface area contributed by atoms with Gasteiger partial charge in [0.1, 0.15) is 5.56 Å². The minimum absolute atomic E-state index is 0.0339. The van der Waals surface area contributed by atoms with Crippen molar-refractivity contribution in [2.45, 2.75) is 19.9 Å². The van der Waals surface area contributed by atoms with E-state index in [1.165, 1.54) is 0 Å². The van der Waals surface area contributed by atoms with Crippen molar-refractivity contribution in [3.63, 3.8) is 0 Å². The molecule has 0 fully saturated rings. The van der Waals surface area contributed by atoms with Crippen LogP contribution in [0.15, 0.2) is 18.2 Å². The summed E-state index contributed by atoms with van der Waals surface area (Å²) in [6, 6.07) is 5.03. The predicted octanol–water partition coefficient (Wildman–Crippen LogP) is 3.12. The Bertz CT molecular complexity index is 421. The van der Waals surface area contributed by atoms with Crippen molar-refractivity contribution in [1.29, 1.82) is 0 Å². The monoisotopic (exact) mass is 271 g/mol. The molecule has 0 amide bonds. The fourth-order valence-electron chi connectivity index (χ4n) is 1.64. The van der Waals surface area contributed by atoms with Crippen LogP contribution in [0.1, 0.15) is 24.2 Å². The van der Waals surface area contributed by atoms with Gasteiger partial charge in [0.2, 0.25) is 0 Å². The smallest absolute Gasteiger partial charge is 0.339 e. The molecule has 5 heteroatoms. The first-order valence-corrected chi connectivity index (χ1v) is 6.12. The molecular weight excluding hydrogens is 254 g/mol. The molecule has 0 aliphatic heterocycles. The van der Waals surface area contributed by atoms with Crippen LogP contribution in [0.5, 0.6) is 0 Å². The summed E-state index contributed by atoms with van der Waals surface area (Å²) in [4.78, 5) is 11.2. The summed E-state index contributed by atoms with van der Waals surface area (Å²) >= 11 is 5.91. The van der Waals surface area contributed by atoms with Gasteiger partial charge in [-0.25, -0.2) is 4.79 Å². The van der Waals surface area contributed by atoms with Crippen LogP contribution in [0.3, 0.4) is 0 Å². The maximum atomic E-state index is 11.2. The molecule has 4 nitrogen and oxygen atoms in total. The molecule has 1 atom stereocenters. The van der Waals surface area contributed by atoms with Gasteiger partial charge in [-0.2, -0.15) is 0 Å². The lowest BCUT2D eigenvalue weighted by atomic mass is 10.0. The largest absolute Gasteiger partial charge is 0.478 e. The van der Waals surface area contributed by atoms with Gasteiger partial charge in [0.15, 0.2) is 0 Å². The van der Waals surface area contributed by atoms with Crippen LogP contribution in [0.4, 0.5) is 5.69 Å². The zero-order chi connectivity index (χ0) is 13.7. The average molecular weight is 272 g/mol. The molecule has 100 valence electrons. The van der Waals surface area contributed by atoms with Crippen molar-refractivity contribution in [2.75, 3.05) is 19.0 Å². The van der Waals surface area contributed by atoms with Gasteiger partial charge < -0.3 is 15.2 Å². The zero-order valence-corrected chi connectivity index (χ0v) is 11.5. The van der Waals surface area contributed by atoms with E-state index in [1.807, 2.05) is 13.8 Å². The number of benzene rings is 1. The van der Waals surface area contributed by atoms with Crippen LogP contribution in [-0.2, 0) is 4.74 Å². The average Bonchev–Trinajstić information content (AvgIpc) is 2.27. The van der Waals surface area contributed by atoms with E-state index in [9.17, 15) is 9.90 Å². The maximum absolute atomic E-state index is 11.2. The molecule has 1 aromatic rings. The van der Waals surface area contributed by atoms with Gasteiger partial charge in [0, 0.05) is 7.11 Å². The van der Waals surface area contributed by atoms with Crippen molar-refractivity contribution in [3.05, 3.63) is 28.8 Å². The topological polar surface area (TPSA) is 58.6 Å². The summed E-state index contributed by atoms with van der Waals surface area (Å²) in [5.41, 5.74) is 0.617. The van der Waals surface area contributed by atoms with Gasteiger partial charge in [-0.15, -0.1) is 0 Å². The number of hydrogen-bond acceptors (Lipinski definition) is 3. The second kappa shape index (κ2) is 6.61. The second-order valence-corrected chi connectivity index (χ2v) is 4.82. The number of halogens is 1. The Morgan fingerprint density at radius 1 is 1.50 bits per heavy atom. The lowest BCUT2D eigenvalue weighted by molar-refractivity contribution is 0.0698. The Morgan fingerprint density at radius 2 is 2.17 bits per heavy atom. The van der Waals surface area contributed by atoms with E-state index >= 15 is 0 Å². The molecule has 0 saturated carbocycles. The van der Waals surface area contributed by atoms with E-state index < -0.39 is 5.97 Å². The summed E-state index contributed by atoms with van der Waals surface area (Å²) in [7, 11) is 1.62. The van der Waals surface area contributed by atoms with E-state index in [2.05, 4.69) is 5.32 Å². The molecule has 1 rings (SSSR count). The molecule has 0 bridgehead atoms. The number of aromatic carboxylic acids is 1. The number of methoxy groups -OCH3 is 1. The molecule has 0 spiro atoms. The van der Waals surface area contributed by atoms with Gasteiger partial charge in [0.25, 0.3) is 0 Å². The lowest BCUT2D eigenvalue weighted by Crippen LogP contribution is -2.31. The molecule has 1 unspecified atom stereocenters. The van der Waals surface area contributed by atoms with Gasteiger partial charge in [-0.3, -0.25) is 0 Å². The van der Waals surface area contributed by atoms with E-state index in [1.54, 1.807) is 25.3 Å². The van der Waals surface area contributed by atoms with Crippen LogP contribution in [0.25, 0.3) is 0 Å². The fraction of sp³-hybridized carbons (Fsp3) is 0.462. The quantitative estimate of drug-likeness (QED) is 0.835. The maximum Gasteiger partial charge on any atom is 0.339 e. The highest BCUT2D eigenvalue weighted by molar-refractivity contribution is 6.34. The summed E-state index contributed by atoms with van der Waals surface area (Å²) in [5, 5.41) is 12.6. The van der Waals surface area contributed by atoms with Crippen LogP contribution in [0.2, 0.25) is 5.02 Å². The highest BCUT2D eigenvalue weighted by Gasteiger charge is 2.19. The van der Waals surface area contributed by atoms with Crippen molar-refractivity contribution in [2.24, 2.45) is 5.92 Å². The molecule has 0 saturated heterocycles. The van der Waals surface area contributed by atoms with E-state index in [-0.39, 0.29) is 16.6 Å². The lowest BCUT2D eigenvalue weighted by Gasteiger charge is -2.23. The fourth-order valence-corrected chi connectivity index (χ4v) is 1.90. The van der Waals surface area contributed by atoms with Crippen molar-refractivity contribution in [3.8, 4) is 0 Å². The Morgan fingerprint density at radius 3 is 2.67 bits per heavy atom. The Balaban J connectivity index is 3.02. The molecule has 2 N–H and O–H groups in total. The minimum Gasteiger partial charge on any atom is -0.478 e. The molecule has 18 heavy (non-hydrogen) atoms. The van der Waals surface area contributed by atoms with Gasteiger partial charge in [-0.1, -0.05) is 31.5 Å². The highest BCUT2D eigenvalue weighted by Crippen LogP contribution is 2.25. The summed E-state index contributed by atoms with van der Waals surface area (Å²) in [6.45, 7) is 4.59. The van der Waals surface area contributed by atoms with Crippen LogP contribution < -0.4 is 5.32 Å². The molecule has 0 aromatic heterocycles. The standard InChI is InChI=1S/C13H18ClNO3/c1-8(2)11(7-18-3)15-10-6-4-5-9(14)12(10)13(16)17/h4-6,8,11,15H,7H2,1-3H3,(H,16,17). The number of carbonyl (C=O) groups is 1. The first kappa shape index (κ1) is 14.8. The van der Waals surface area contributed by atoms with Gasteiger partial charge in [0.05, 0.1) is 23.4 Å². The summed E-state index contributed by atoms with van der Waals surface area (Å²) < 4.78 is 5.13. The third-order valence-electron chi connectivity index (χ3n) is 2.72. The van der Waals surface area contributed by atoms with Gasteiger partial charge >= 0.3 is 5.97 Å². The number of anilines is 1. The minimum atomic E-state index is -1.04. The van der Waals surface area contributed by atoms with E-state index in [0.717, 1.165) is 0 Å². The normalized spacial score (nSPS) is 12.5.